The van der Waals surface area contributed by atoms with Gasteiger partial charge in [0, 0.05) is 17.7 Å². The summed E-state index contributed by atoms with van der Waals surface area (Å²) in [5.41, 5.74) is 2.82. The Kier molecular flexibility index (Phi) is 7.55. The molecule has 0 aromatic heterocycles. The van der Waals surface area contributed by atoms with Crippen LogP contribution in [0.1, 0.15) is 22.3 Å². The van der Waals surface area contributed by atoms with Gasteiger partial charge in [0.2, 0.25) is 0 Å². The van der Waals surface area contributed by atoms with Gasteiger partial charge in [0.25, 0.3) is 5.69 Å². The Balaban J connectivity index is 1.97. The number of halogens is 1. The normalized spacial score (nSPS) is 10.9. The van der Waals surface area contributed by atoms with Crippen LogP contribution in [-0.2, 0) is 13.0 Å². The summed E-state index contributed by atoms with van der Waals surface area (Å²) >= 11 is 0. The van der Waals surface area contributed by atoms with Crippen LogP contribution in [-0.4, -0.2) is 12.0 Å². The molecule has 0 amide bonds. The highest BCUT2D eigenvalue weighted by Crippen LogP contribution is 2.35. The van der Waals surface area contributed by atoms with E-state index in [0.29, 0.717) is 40.2 Å². The molecular formula is C26H21FN2O4. The highest BCUT2D eigenvalue weighted by Gasteiger charge is 2.14. The Morgan fingerprint density at radius 2 is 2.00 bits per heavy atom. The molecule has 6 nitrogen and oxygen atoms in total. The molecule has 0 spiro atoms. The Labute approximate surface area is 191 Å². The number of hydrogen-bond donors (Lipinski definition) is 0. The summed E-state index contributed by atoms with van der Waals surface area (Å²) in [5, 5.41) is 20.6. The zero-order chi connectivity index (χ0) is 23.8. The van der Waals surface area contributed by atoms with Gasteiger partial charge in [-0.15, -0.1) is 6.58 Å². The minimum absolute atomic E-state index is 0.0174. The van der Waals surface area contributed by atoms with Gasteiger partial charge in [0.1, 0.15) is 12.4 Å². The average Bonchev–Trinajstić information content (AvgIpc) is 2.81. The second-order valence-corrected chi connectivity index (χ2v) is 7.10. The number of nitro benzene ring substituents is 1. The summed E-state index contributed by atoms with van der Waals surface area (Å²) in [5.74, 6) is 0.483. The molecule has 0 unspecified atom stereocenters. The smallest absolute Gasteiger partial charge is 0.269 e. The zero-order valence-corrected chi connectivity index (χ0v) is 18.0. The molecule has 33 heavy (non-hydrogen) atoms. The third-order valence-corrected chi connectivity index (χ3v) is 4.81. The maximum atomic E-state index is 13.6. The maximum Gasteiger partial charge on any atom is 0.269 e. The number of non-ortho nitro benzene ring substituents is 1. The van der Waals surface area contributed by atoms with E-state index >= 15 is 0 Å². The second kappa shape index (κ2) is 10.7. The molecule has 0 fully saturated rings. The van der Waals surface area contributed by atoms with Crippen LogP contribution in [0.2, 0.25) is 0 Å². The molecule has 0 aliphatic carbocycles. The molecule has 0 N–H and O–H groups in total. The minimum Gasteiger partial charge on any atom is -0.493 e. The van der Waals surface area contributed by atoms with Gasteiger partial charge >= 0.3 is 0 Å². The number of rotatable bonds is 9. The number of nitrogens with zero attached hydrogens (tertiary/aromatic N) is 2. The largest absolute Gasteiger partial charge is 0.493 e. The molecule has 0 bridgehead atoms. The zero-order valence-electron chi connectivity index (χ0n) is 18.0. The molecule has 166 valence electrons. The van der Waals surface area contributed by atoms with Crippen LogP contribution in [0.5, 0.6) is 11.5 Å². The van der Waals surface area contributed by atoms with Crippen molar-refractivity contribution in [2.45, 2.75) is 13.0 Å². The SMILES string of the molecule is C=CCc1cc(/C=C(/C#N)c2cccc(F)c2)cc(OC)c1OCc1cccc([N+](=O)[O-])c1. The Morgan fingerprint density at radius 3 is 2.67 bits per heavy atom. The summed E-state index contributed by atoms with van der Waals surface area (Å²) in [6, 6.07) is 17.7. The van der Waals surface area contributed by atoms with Crippen LogP contribution in [0.25, 0.3) is 11.6 Å². The Bertz CT molecular complexity index is 1260. The molecule has 0 heterocycles. The lowest BCUT2D eigenvalue weighted by Gasteiger charge is -2.16. The first kappa shape index (κ1) is 23.2. The fraction of sp³-hybridized carbons (Fsp3) is 0.115. The summed E-state index contributed by atoms with van der Waals surface area (Å²) in [4.78, 5) is 10.6. The van der Waals surface area contributed by atoms with E-state index in [2.05, 4.69) is 12.6 Å². The molecule has 0 atom stereocenters. The molecule has 0 saturated heterocycles. The van der Waals surface area contributed by atoms with Gasteiger partial charge in [-0.05, 0) is 53.5 Å². The number of methoxy groups -OCH3 is 1. The summed E-state index contributed by atoms with van der Waals surface area (Å²) in [6.45, 7) is 3.89. The van der Waals surface area contributed by atoms with Crippen LogP contribution < -0.4 is 9.47 Å². The first-order chi connectivity index (χ1) is 15.9. The predicted octanol–water partition coefficient (Wildman–Crippen LogP) is 6.11. The van der Waals surface area contributed by atoms with E-state index in [1.165, 1.54) is 31.4 Å². The summed E-state index contributed by atoms with van der Waals surface area (Å²) in [6.07, 6.45) is 3.82. The minimum atomic E-state index is -0.459. The first-order valence-electron chi connectivity index (χ1n) is 10.0. The standard InChI is InChI=1S/C26H21FN2O4/c1-3-6-21-11-19(12-22(16-28)20-8-5-9-23(27)15-20)14-25(32-2)26(21)33-17-18-7-4-10-24(13-18)29(30)31/h3-5,7-15H,1,6,17H2,2H3/b22-12-. The van der Waals surface area contributed by atoms with E-state index in [-0.39, 0.29) is 12.3 Å². The third kappa shape index (κ3) is 5.83. The van der Waals surface area contributed by atoms with Crippen molar-refractivity contribution < 1.29 is 18.8 Å². The van der Waals surface area contributed by atoms with Crippen molar-refractivity contribution >= 4 is 17.3 Å². The van der Waals surface area contributed by atoms with E-state index in [1.54, 1.807) is 42.5 Å². The lowest BCUT2D eigenvalue weighted by atomic mass is 10.0. The number of benzene rings is 3. The van der Waals surface area contributed by atoms with Gasteiger partial charge < -0.3 is 9.47 Å². The monoisotopic (exact) mass is 444 g/mol. The van der Waals surface area contributed by atoms with E-state index in [0.717, 1.165) is 5.56 Å². The number of nitriles is 1. The van der Waals surface area contributed by atoms with E-state index in [1.807, 2.05) is 6.07 Å². The van der Waals surface area contributed by atoms with Crippen LogP contribution in [0.15, 0.2) is 73.3 Å². The van der Waals surface area contributed by atoms with Gasteiger partial charge in [-0.3, -0.25) is 10.1 Å². The van der Waals surface area contributed by atoms with Crippen molar-refractivity contribution in [2.24, 2.45) is 0 Å². The topological polar surface area (TPSA) is 85.4 Å². The van der Waals surface area contributed by atoms with Crippen molar-refractivity contribution in [3.63, 3.8) is 0 Å². The molecular weight excluding hydrogens is 423 g/mol. The van der Waals surface area contributed by atoms with Gasteiger partial charge in [-0.25, -0.2) is 4.39 Å². The van der Waals surface area contributed by atoms with Crippen LogP contribution >= 0.6 is 0 Å². The molecule has 0 radical (unpaired) electrons. The summed E-state index contributed by atoms with van der Waals surface area (Å²) < 4.78 is 25.1. The lowest BCUT2D eigenvalue weighted by molar-refractivity contribution is -0.384. The molecule has 3 rings (SSSR count). The average molecular weight is 444 g/mol. The fourth-order valence-electron chi connectivity index (χ4n) is 3.31. The predicted molar refractivity (Wildman–Crippen MR) is 124 cm³/mol. The van der Waals surface area contributed by atoms with Crippen molar-refractivity contribution in [2.75, 3.05) is 7.11 Å². The van der Waals surface area contributed by atoms with Crippen molar-refractivity contribution in [3.8, 4) is 17.6 Å². The lowest BCUT2D eigenvalue weighted by Crippen LogP contribution is -2.02. The van der Waals surface area contributed by atoms with Gasteiger partial charge in [-0.1, -0.05) is 30.3 Å². The van der Waals surface area contributed by atoms with Gasteiger partial charge in [-0.2, -0.15) is 5.26 Å². The highest BCUT2D eigenvalue weighted by atomic mass is 19.1. The van der Waals surface area contributed by atoms with E-state index < -0.39 is 10.7 Å². The van der Waals surface area contributed by atoms with Crippen LogP contribution in [0, 0.1) is 27.3 Å². The Morgan fingerprint density at radius 1 is 1.21 bits per heavy atom. The van der Waals surface area contributed by atoms with Gasteiger partial charge in [0.15, 0.2) is 11.5 Å². The van der Waals surface area contributed by atoms with E-state index in [4.69, 9.17) is 9.47 Å². The van der Waals surface area contributed by atoms with Crippen molar-refractivity contribution in [1.82, 2.24) is 0 Å². The Hall–Kier alpha value is -4.44. The number of hydrogen-bond acceptors (Lipinski definition) is 5. The third-order valence-electron chi connectivity index (χ3n) is 4.81. The molecule has 0 saturated carbocycles. The maximum absolute atomic E-state index is 13.6. The van der Waals surface area contributed by atoms with Crippen LogP contribution in [0.4, 0.5) is 10.1 Å². The quantitative estimate of drug-likeness (QED) is 0.131. The molecule has 0 aliphatic rings. The molecule has 3 aromatic rings. The second-order valence-electron chi connectivity index (χ2n) is 7.10. The van der Waals surface area contributed by atoms with E-state index in [9.17, 15) is 19.8 Å². The molecule has 0 aliphatic heterocycles. The summed E-state index contributed by atoms with van der Waals surface area (Å²) in [7, 11) is 1.50. The molecule has 3 aromatic carbocycles. The van der Waals surface area contributed by atoms with Crippen LogP contribution in [0.3, 0.4) is 0 Å². The fourth-order valence-corrected chi connectivity index (χ4v) is 3.31. The molecule has 7 heteroatoms. The first-order valence-corrected chi connectivity index (χ1v) is 10.0. The van der Waals surface area contributed by atoms with Crippen molar-refractivity contribution in [3.05, 3.63) is 112 Å². The number of ether oxygens (including phenoxy) is 2. The van der Waals surface area contributed by atoms with Gasteiger partial charge in [0.05, 0.1) is 23.7 Å². The number of allylic oxidation sites excluding steroid dienone is 2. The number of nitro groups is 1. The highest BCUT2D eigenvalue weighted by molar-refractivity contribution is 5.90. The van der Waals surface area contributed by atoms with Crippen molar-refractivity contribution in [1.29, 1.82) is 5.26 Å².